The fraction of sp³-hybridized carbons (Fsp3) is 0.478. The zero-order valence-corrected chi connectivity index (χ0v) is 17.1. The molecule has 1 aromatic carbocycles. The first-order chi connectivity index (χ1) is 13.8. The van der Waals surface area contributed by atoms with E-state index in [1.165, 1.54) is 55.4 Å². The van der Waals surface area contributed by atoms with Crippen molar-refractivity contribution in [1.82, 2.24) is 14.9 Å². The summed E-state index contributed by atoms with van der Waals surface area (Å²) in [5, 5.41) is 4.55. The van der Waals surface area contributed by atoms with E-state index in [-0.39, 0.29) is 5.56 Å². The van der Waals surface area contributed by atoms with Gasteiger partial charge in [-0.05, 0) is 56.2 Å². The summed E-state index contributed by atoms with van der Waals surface area (Å²) >= 11 is 1.74. The third kappa shape index (κ3) is 3.31. The van der Waals surface area contributed by atoms with Gasteiger partial charge in [0.05, 0.1) is 17.6 Å². The van der Waals surface area contributed by atoms with Gasteiger partial charge in [0.25, 0.3) is 5.56 Å². The number of thiophene rings is 1. The van der Waals surface area contributed by atoms with Gasteiger partial charge in [-0.25, -0.2) is 4.98 Å². The molecule has 0 spiro atoms. The number of fused-ring (bicyclic) bond motifs is 3. The third-order valence-electron chi connectivity index (χ3n) is 6.23. The Bertz CT molecular complexity index is 1030. The van der Waals surface area contributed by atoms with Crippen molar-refractivity contribution in [1.29, 1.82) is 0 Å². The largest absolute Gasteiger partial charge is 0.307 e. The number of nitrogens with one attached hydrogen (secondary N) is 1. The van der Waals surface area contributed by atoms with E-state index in [9.17, 15) is 4.79 Å². The molecule has 2 aromatic heterocycles. The smallest absolute Gasteiger partial charge is 0.267 e. The minimum absolute atomic E-state index is 0.107. The maximum absolute atomic E-state index is 13.6. The van der Waals surface area contributed by atoms with Crippen molar-refractivity contribution in [2.24, 2.45) is 0 Å². The van der Waals surface area contributed by atoms with Gasteiger partial charge in [0.1, 0.15) is 10.7 Å². The molecule has 4 nitrogen and oxygen atoms in total. The quantitative estimate of drug-likeness (QED) is 0.696. The van der Waals surface area contributed by atoms with E-state index in [0.717, 1.165) is 34.6 Å². The van der Waals surface area contributed by atoms with Crippen molar-refractivity contribution in [2.45, 2.75) is 70.4 Å². The lowest BCUT2D eigenvalue weighted by molar-refractivity contribution is 0.368. The molecule has 2 aliphatic carbocycles. The molecule has 2 aliphatic rings. The van der Waals surface area contributed by atoms with E-state index in [4.69, 9.17) is 4.98 Å². The predicted molar refractivity (Wildman–Crippen MR) is 116 cm³/mol. The van der Waals surface area contributed by atoms with Gasteiger partial charge in [-0.1, -0.05) is 37.5 Å². The Morgan fingerprint density at radius 1 is 1.04 bits per heavy atom. The van der Waals surface area contributed by atoms with Gasteiger partial charge in [0.15, 0.2) is 0 Å². The fourth-order valence-corrected chi connectivity index (χ4v) is 6.02. The van der Waals surface area contributed by atoms with Gasteiger partial charge in [-0.2, -0.15) is 0 Å². The Morgan fingerprint density at radius 2 is 1.82 bits per heavy atom. The molecular formula is C23H27N3OS. The minimum Gasteiger partial charge on any atom is -0.307 e. The lowest BCUT2D eigenvalue weighted by atomic mass is 9.95. The predicted octanol–water partition coefficient (Wildman–Crippen LogP) is 4.75. The van der Waals surface area contributed by atoms with Gasteiger partial charge in [-0.3, -0.25) is 9.36 Å². The summed E-state index contributed by atoms with van der Waals surface area (Å²) in [5.74, 6) is 0.841. The molecule has 0 aliphatic heterocycles. The zero-order valence-electron chi connectivity index (χ0n) is 16.2. The second-order valence-corrected chi connectivity index (χ2v) is 9.19. The van der Waals surface area contributed by atoms with Crippen LogP contribution in [-0.4, -0.2) is 15.6 Å². The zero-order chi connectivity index (χ0) is 18.9. The fourth-order valence-electron chi connectivity index (χ4n) is 4.75. The van der Waals surface area contributed by atoms with Crippen molar-refractivity contribution in [3.8, 4) is 5.69 Å². The molecule has 0 atom stereocenters. The van der Waals surface area contributed by atoms with Crippen LogP contribution in [0, 0.1) is 0 Å². The molecule has 1 fully saturated rings. The molecular weight excluding hydrogens is 366 g/mol. The first kappa shape index (κ1) is 18.1. The standard InChI is InChI=1S/C23H27N3OS/c27-23-21-18-13-7-8-14-19(18)28-22(21)25-20(15-24-16-9-3-1-4-10-16)26(23)17-11-5-2-6-12-17/h2,5-6,11-12,16,24H,1,3-4,7-10,13-15H2. The third-order valence-corrected chi connectivity index (χ3v) is 7.41. The summed E-state index contributed by atoms with van der Waals surface area (Å²) in [6.45, 7) is 0.646. The number of hydrogen-bond donors (Lipinski definition) is 1. The normalized spacial score (nSPS) is 17.7. The molecule has 1 saturated carbocycles. The summed E-state index contributed by atoms with van der Waals surface area (Å²) < 4.78 is 1.85. The Balaban J connectivity index is 1.61. The van der Waals surface area contributed by atoms with E-state index < -0.39 is 0 Å². The highest BCUT2D eigenvalue weighted by molar-refractivity contribution is 7.18. The van der Waals surface area contributed by atoms with Crippen molar-refractivity contribution in [2.75, 3.05) is 0 Å². The summed E-state index contributed by atoms with van der Waals surface area (Å²) in [6, 6.07) is 10.5. The molecule has 5 heteroatoms. The Morgan fingerprint density at radius 3 is 2.64 bits per heavy atom. The number of aryl methyl sites for hydroxylation is 2. The lowest BCUT2D eigenvalue weighted by Gasteiger charge is -2.23. The summed E-state index contributed by atoms with van der Waals surface area (Å²) in [6.07, 6.45) is 10.9. The molecule has 0 bridgehead atoms. The van der Waals surface area contributed by atoms with Crippen molar-refractivity contribution >= 4 is 21.6 Å². The van der Waals surface area contributed by atoms with Gasteiger partial charge in [0.2, 0.25) is 0 Å². The van der Waals surface area contributed by atoms with Gasteiger partial charge in [0, 0.05) is 10.9 Å². The molecule has 5 rings (SSSR count). The molecule has 1 N–H and O–H groups in total. The van der Waals surface area contributed by atoms with Crippen molar-refractivity contribution in [3.63, 3.8) is 0 Å². The number of aromatic nitrogens is 2. The molecule has 3 aromatic rings. The lowest BCUT2D eigenvalue weighted by Crippen LogP contribution is -2.34. The van der Waals surface area contributed by atoms with Crippen LogP contribution in [-0.2, 0) is 19.4 Å². The van der Waals surface area contributed by atoms with Crippen LogP contribution in [0.1, 0.15) is 61.2 Å². The van der Waals surface area contributed by atoms with Crippen LogP contribution in [0.25, 0.3) is 15.9 Å². The van der Waals surface area contributed by atoms with Crippen LogP contribution in [0.4, 0.5) is 0 Å². The number of hydrogen-bond acceptors (Lipinski definition) is 4. The highest BCUT2D eigenvalue weighted by atomic mass is 32.1. The van der Waals surface area contributed by atoms with Crippen LogP contribution in [0.2, 0.25) is 0 Å². The van der Waals surface area contributed by atoms with Gasteiger partial charge < -0.3 is 5.32 Å². The Labute approximate surface area is 169 Å². The molecule has 2 heterocycles. The molecule has 0 radical (unpaired) electrons. The summed E-state index contributed by atoms with van der Waals surface area (Å²) in [4.78, 5) is 21.0. The summed E-state index contributed by atoms with van der Waals surface area (Å²) in [5.41, 5.74) is 2.29. The minimum atomic E-state index is 0.107. The molecule has 0 amide bonds. The summed E-state index contributed by atoms with van der Waals surface area (Å²) in [7, 11) is 0. The highest BCUT2D eigenvalue weighted by Gasteiger charge is 2.23. The molecule has 28 heavy (non-hydrogen) atoms. The van der Waals surface area contributed by atoms with Gasteiger partial charge >= 0.3 is 0 Å². The first-order valence-electron chi connectivity index (χ1n) is 10.7. The van der Waals surface area contributed by atoms with E-state index in [2.05, 4.69) is 5.32 Å². The second kappa shape index (κ2) is 7.80. The van der Waals surface area contributed by atoms with Crippen LogP contribution < -0.4 is 10.9 Å². The Hall–Kier alpha value is -1.98. The van der Waals surface area contributed by atoms with E-state index in [1.54, 1.807) is 11.3 Å². The van der Waals surface area contributed by atoms with Gasteiger partial charge in [-0.15, -0.1) is 11.3 Å². The maximum atomic E-state index is 13.6. The van der Waals surface area contributed by atoms with E-state index >= 15 is 0 Å². The average molecular weight is 394 g/mol. The van der Waals surface area contributed by atoms with Crippen molar-refractivity contribution < 1.29 is 0 Å². The first-order valence-corrected chi connectivity index (χ1v) is 11.5. The SMILES string of the molecule is O=c1c2c3c(sc2nc(CNC2CCCCC2)n1-c1ccccc1)CCCC3. The monoisotopic (exact) mass is 393 g/mol. The second-order valence-electron chi connectivity index (χ2n) is 8.11. The molecule has 0 unspecified atom stereocenters. The van der Waals surface area contributed by atoms with Crippen LogP contribution in [0.5, 0.6) is 0 Å². The number of rotatable bonds is 4. The molecule has 0 saturated heterocycles. The van der Waals surface area contributed by atoms with Crippen LogP contribution in [0.3, 0.4) is 0 Å². The van der Waals surface area contributed by atoms with Crippen LogP contribution in [0.15, 0.2) is 35.1 Å². The van der Waals surface area contributed by atoms with Crippen molar-refractivity contribution in [3.05, 3.63) is 57.0 Å². The number of benzene rings is 1. The average Bonchev–Trinajstić information content (AvgIpc) is 3.12. The van der Waals surface area contributed by atoms with E-state index in [0.29, 0.717) is 12.6 Å². The number of nitrogens with zero attached hydrogens (tertiary/aromatic N) is 2. The topological polar surface area (TPSA) is 46.9 Å². The van der Waals surface area contributed by atoms with Crippen LogP contribution >= 0.6 is 11.3 Å². The number of para-hydroxylation sites is 1. The molecule has 146 valence electrons. The maximum Gasteiger partial charge on any atom is 0.267 e. The van der Waals surface area contributed by atoms with E-state index in [1.807, 2.05) is 34.9 Å². The highest BCUT2D eigenvalue weighted by Crippen LogP contribution is 2.34. The Kier molecular flexibility index (Phi) is 5.03.